The van der Waals surface area contributed by atoms with Crippen LogP contribution in [0.15, 0.2) is 18.2 Å². The van der Waals surface area contributed by atoms with Gasteiger partial charge in [-0.15, -0.1) is 0 Å². The topological polar surface area (TPSA) is 55.1 Å². The molecule has 0 amide bonds. The zero-order valence-corrected chi connectivity index (χ0v) is 12.6. The van der Waals surface area contributed by atoms with Gasteiger partial charge in [0.2, 0.25) is 0 Å². The van der Waals surface area contributed by atoms with Crippen molar-refractivity contribution in [2.24, 2.45) is 5.92 Å². The van der Waals surface area contributed by atoms with E-state index in [2.05, 4.69) is 30.3 Å². The highest BCUT2D eigenvalue weighted by Crippen LogP contribution is 2.27. The number of rotatable bonds is 5. The Morgan fingerprint density at radius 1 is 1.40 bits per heavy atom. The van der Waals surface area contributed by atoms with E-state index in [9.17, 15) is 9.90 Å². The van der Waals surface area contributed by atoms with Crippen molar-refractivity contribution in [3.8, 4) is 0 Å². The summed E-state index contributed by atoms with van der Waals surface area (Å²) in [6.07, 6.45) is 2.22. The minimum absolute atomic E-state index is 0.278. The highest BCUT2D eigenvalue weighted by molar-refractivity contribution is 6.01. The van der Waals surface area contributed by atoms with Gasteiger partial charge < -0.3 is 9.67 Å². The second kappa shape index (κ2) is 5.65. The molecule has 4 heteroatoms. The summed E-state index contributed by atoms with van der Waals surface area (Å²) in [5.74, 6) is 0.601. The molecule has 1 N–H and O–H groups in total. The number of benzene rings is 1. The number of para-hydroxylation sites is 1. The summed E-state index contributed by atoms with van der Waals surface area (Å²) in [5.41, 5.74) is 1.78. The smallest absolute Gasteiger partial charge is 0.337 e. The fourth-order valence-electron chi connectivity index (χ4n) is 2.82. The summed E-state index contributed by atoms with van der Waals surface area (Å²) in [4.78, 5) is 15.8. The largest absolute Gasteiger partial charge is 0.478 e. The Hall–Kier alpha value is -1.84. The molecule has 2 rings (SSSR count). The van der Waals surface area contributed by atoms with Crippen molar-refractivity contribution in [3.63, 3.8) is 0 Å². The molecule has 2 aromatic rings. The first-order chi connectivity index (χ1) is 9.45. The molecule has 0 saturated carbocycles. The van der Waals surface area contributed by atoms with Gasteiger partial charge in [0.05, 0.1) is 11.1 Å². The number of aromatic nitrogens is 2. The molecule has 1 aromatic carbocycles. The van der Waals surface area contributed by atoms with Crippen molar-refractivity contribution < 1.29 is 9.90 Å². The number of aryl methyl sites for hydroxylation is 1. The third-order valence-electron chi connectivity index (χ3n) is 4.01. The third-order valence-corrected chi connectivity index (χ3v) is 4.01. The molecular weight excluding hydrogens is 252 g/mol. The molecule has 0 aliphatic rings. The number of carbonyl (C=O) groups is 1. The monoisotopic (exact) mass is 274 g/mol. The number of imidazole rings is 1. The quantitative estimate of drug-likeness (QED) is 0.895. The van der Waals surface area contributed by atoms with Crippen LogP contribution >= 0.6 is 0 Å². The Kier molecular flexibility index (Phi) is 4.12. The minimum atomic E-state index is -0.921. The van der Waals surface area contributed by atoms with Crippen LogP contribution in [0.25, 0.3) is 11.0 Å². The highest BCUT2D eigenvalue weighted by Gasteiger charge is 2.18. The molecule has 0 spiro atoms. The van der Waals surface area contributed by atoms with Crippen molar-refractivity contribution in [1.29, 1.82) is 0 Å². The first-order valence-corrected chi connectivity index (χ1v) is 7.16. The van der Waals surface area contributed by atoms with Crippen molar-refractivity contribution in [3.05, 3.63) is 29.6 Å². The fraction of sp³-hybridized carbons (Fsp3) is 0.500. The Morgan fingerprint density at radius 3 is 2.70 bits per heavy atom. The zero-order valence-electron chi connectivity index (χ0n) is 12.6. The molecule has 0 aliphatic carbocycles. The Morgan fingerprint density at radius 2 is 2.10 bits per heavy atom. The van der Waals surface area contributed by atoms with Crippen LogP contribution in [0.2, 0.25) is 0 Å². The predicted molar refractivity (Wildman–Crippen MR) is 80.2 cm³/mol. The van der Waals surface area contributed by atoms with Gasteiger partial charge in [-0.1, -0.05) is 26.3 Å². The van der Waals surface area contributed by atoms with Crippen molar-refractivity contribution in [2.45, 2.75) is 46.6 Å². The van der Waals surface area contributed by atoms with Gasteiger partial charge >= 0.3 is 5.97 Å². The van der Waals surface area contributed by atoms with Crippen LogP contribution in [0.3, 0.4) is 0 Å². The maximum atomic E-state index is 11.3. The molecule has 4 nitrogen and oxygen atoms in total. The van der Waals surface area contributed by atoms with Crippen LogP contribution in [0.1, 0.15) is 55.8 Å². The van der Waals surface area contributed by atoms with E-state index in [-0.39, 0.29) is 5.56 Å². The number of carboxylic acids is 1. The minimum Gasteiger partial charge on any atom is -0.478 e. The van der Waals surface area contributed by atoms with Crippen LogP contribution in [0, 0.1) is 12.8 Å². The lowest BCUT2D eigenvalue weighted by Crippen LogP contribution is -2.10. The molecule has 20 heavy (non-hydrogen) atoms. The lowest BCUT2D eigenvalue weighted by atomic mass is 10.00. The third kappa shape index (κ3) is 2.55. The Balaban J connectivity index is 2.51. The van der Waals surface area contributed by atoms with Crippen LogP contribution in [-0.4, -0.2) is 20.6 Å². The second-order valence-electron chi connectivity index (χ2n) is 5.61. The molecule has 0 fully saturated rings. The van der Waals surface area contributed by atoms with E-state index >= 15 is 0 Å². The molecule has 1 heterocycles. The summed E-state index contributed by atoms with van der Waals surface area (Å²) in [5, 5.41) is 9.26. The maximum Gasteiger partial charge on any atom is 0.337 e. The number of fused-ring (bicyclic) bond motifs is 1. The van der Waals surface area contributed by atoms with Gasteiger partial charge in [0.15, 0.2) is 0 Å². The first kappa shape index (κ1) is 14.6. The number of hydrogen-bond donors (Lipinski definition) is 1. The average Bonchev–Trinajstić information content (AvgIpc) is 2.73. The van der Waals surface area contributed by atoms with E-state index in [1.807, 2.05) is 13.0 Å². The molecule has 0 aliphatic heterocycles. The molecule has 0 bridgehead atoms. The van der Waals surface area contributed by atoms with Crippen molar-refractivity contribution in [2.75, 3.05) is 0 Å². The summed E-state index contributed by atoms with van der Waals surface area (Å²) in [7, 11) is 0. The van der Waals surface area contributed by atoms with Crippen LogP contribution in [-0.2, 0) is 0 Å². The van der Waals surface area contributed by atoms with E-state index in [0.29, 0.717) is 17.5 Å². The Bertz CT molecular complexity index is 631. The lowest BCUT2D eigenvalue weighted by molar-refractivity contribution is 0.0699. The molecule has 2 unspecified atom stereocenters. The van der Waals surface area contributed by atoms with Crippen LogP contribution < -0.4 is 0 Å². The van der Waals surface area contributed by atoms with E-state index in [0.717, 1.165) is 24.2 Å². The molecule has 1 aromatic heterocycles. The molecule has 108 valence electrons. The summed E-state index contributed by atoms with van der Waals surface area (Å²) >= 11 is 0. The number of hydrogen-bond acceptors (Lipinski definition) is 2. The second-order valence-corrected chi connectivity index (χ2v) is 5.61. The lowest BCUT2D eigenvalue weighted by Gasteiger charge is -2.19. The van der Waals surface area contributed by atoms with Gasteiger partial charge in [-0.3, -0.25) is 0 Å². The van der Waals surface area contributed by atoms with E-state index in [4.69, 9.17) is 0 Å². The number of carboxylic acid groups (broad SMARTS) is 1. The van der Waals surface area contributed by atoms with Gasteiger partial charge in [0, 0.05) is 6.04 Å². The number of aromatic carboxylic acids is 1. The van der Waals surface area contributed by atoms with Gasteiger partial charge in [-0.25, -0.2) is 9.78 Å². The van der Waals surface area contributed by atoms with Crippen LogP contribution in [0.4, 0.5) is 0 Å². The molecule has 0 saturated heterocycles. The SMILES string of the molecule is CCC(C)CC(C)n1c(C)nc2c(C(=O)O)cccc21. The van der Waals surface area contributed by atoms with Gasteiger partial charge in [0.1, 0.15) is 11.3 Å². The fourth-order valence-corrected chi connectivity index (χ4v) is 2.82. The van der Waals surface area contributed by atoms with Crippen LogP contribution in [0.5, 0.6) is 0 Å². The summed E-state index contributed by atoms with van der Waals surface area (Å²) in [6.45, 7) is 8.55. The van der Waals surface area contributed by atoms with Gasteiger partial charge in [-0.05, 0) is 38.3 Å². The van der Waals surface area contributed by atoms with E-state index in [1.54, 1.807) is 12.1 Å². The summed E-state index contributed by atoms with van der Waals surface area (Å²) in [6, 6.07) is 5.67. The predicted octanol–water partition coefficient (Wildman–Crippen LogP) is 4.04. The van der Waals surface area contributed by atoms with Gasteiger partial charge in [-0.2, -0.15) is 0 Å². The maximum absolute atomic E-state index is 11.3. The number of nitrogens with zero attached hydrogens (tertiary/aromatic N) is 2. The zero-order chi connectivity index (χ0) is 14.9. The standard InChI is InChI=1S/C16H22N2O2/c1-5-10(2)9-11(3)18-12(4)17-15-13(16(19)20)7-6-8-14(15)18/h6-8,10-11H,5,9H2,1-4H3,(H,19,20). The summed E-state index contributed by atoms with van der Waals surface area (Å²) < 4.78 is 2.16. The Labute approximate surface area is 119 Å². The van der Waals surface area contributed by atoms with Crippen molar-refractivity contribution >= 4 is 17.0 Å². The average molecular weight is 274 g/mol. The van der Waals surface area contributed by atoms with E-state index < -0.39 is 5.97 Å². The molecular formula is C16H22N2O2. The molecule has 0 radical (unpaired) electrons. The van der Waals surface area contributed by atoms with E-state index in [1.165, 1.54) is 0 Å². The van der Waals surface area contributed by atoms with Crippen molar-refractivity contribution in [1.82, 2.24) is 9.55 Å². The molecule has 2 atom stereocenters. The van der Waals surface area contributed by atoms with Gasteiger partial charge in [0.25, 0.3) is 0 Å². The normalized spacial score (nSPS) is 14.4. The highest BCUT2D eigenvalue weighted by atomic mass is 16.4. The first-order valence-electron chi connectivity index (χ1n) is 7.16.